The predicted molar refractivity (Wildman–Crippen MR) is 119 cm³/mol. The number of carbonyl (C=O) groups is 1. The smallest absolute Gasteiger partial charge is 0.411 e. The summed E-state index contributed by atoms with van der Waals surface area (Å²) in [5.41, 5.74) is 3.49. The normalized spacial score (nSPS) is 25.4. The van der Waals surface area contributed by atoms with Gasteiger partial charge in [0.05, 0.1) is 23.1 Å². The molecule has 2 saturated heterocycles. The van der Waals surface area contributed by atoms with Crippen LogP contribution in [0.2, 0.25) is 0 Å². The number of hydrogen-bond donors (Lipinski definition) is 0. The van der Waals surface area contributed by atoms with Gasteiger partial charge in [-0.25, -0.2) is 19.4 Å². The van der Waals surface area contributed by atoms with E-state index in [0.29, 0.717) is 5.82 Å². The van der Waals surface area contributed by atoms with Crippen molar-refractivity contribution in [2.24, 2.45) is 0 Å². The largest absolute Gasteiger partial charge is 0.444 e. The predicted octanol–water partition coefficient (Wildman–Crippen LogP) is 4.73. The quantitative estimate of drug-likeness (QED) is 0.672. The Kier molecular flexibility index (Phi) is 5.43. The van der Waals surface area contributed by atoms with E-state index in [0.717, 1.165) is 74.2 Å². The third kappa shape index (κ3) is 3.89. The van der Waals surface area contributed by atoms with Gasteiger partial charge in [0.1, 0.15) is 11.4 Å². The Bertz CT molecular complexity index is 1010. The highest BCUT2D eigenvalue weighted by atomic mass is 16.6. The fourth-order valence-corrected chi connectivity index (χ4v) is 5.33. The first kappa shape index (κ1) is 21.4. The number of carbonyl (C=O) groups excluding carboxylic acids is 1. The summed E-state index contributed by atoms with van der Waals surface area (Å²) in [4.78, 5) is 24.8. The maximum Gasteiger partial charge on any atom is 0.411 e. The van der Waals surface area contributed by atoms with Crippen LogP contribution in [0.15, 0.2) is 12.3 Å². The van der Waals surface area contributed by atoms with Gasteiger partial charge in [0.2, 0.25) is 0 Å². The lowest BCUT2D eigenvalue weighted by molar-refractivity contribution is -0.0384. The molecule has 3 unspecified atom stereocenters. The maximum atomic E-state index is 13.1. The molecular formula is C24H33N5O3. The number of fused-ring (bicyclic) bond motifs is 4. The molecule has 0 N–H and O–H groups in total. The summed E-state index contributed by atoms with van der Waals surface area (Å²) in [6.45, 7) is 8.43. The summed E-state index contributed by atoms with van der Waals surface area (Å²) in [5.74, 6) is 0.712. The highest BCUT2D eigenvalue weighted by molar-refractivity contribution is 5.71. The molecule has 0 aromatic carbocycles. The van der Waals surface area contributed by atoms with Gasteiger partial charge in [-0.1, -0.05) is 0 Å². The summed E-state index contributed by atoms with van der Waals surface area (Å²) in [7, 11) is 0. The molecule has 172 valence electrons. The number of amides is 1. The molecule has 8 nitrogen and oxygen atoms in total. The fourth-order valence-electron chi connectivity index (χ4n) is 5.33. The Balaban J connectivity index is 1.56. The van der Waals surface area contributed by atoms with Gasteiger partial charge < -0.3 is 9.47 Å². The molecule has 32 heavy (non-hydrogen) atoms. The lowest BCUT2D eigenvalue weighted by Crippen LogP contribution is -2.52. The summed E-state index contributed by atoms with van der Waals surface area (Å²) in [6.07, 6.45) is 8.40. The van der Waals surface area contributed by atoms with Crippen LogP contribution in [0.3, 0.4) is 0 Å². The third-order valence-electron chi connectivity index (χ3n) is 6.60. The second-order valence-corrected chi connectivity index (χ2v) is 10.2. The topological polar surface area (TPSA) is 82.4 Å². The van der Waals surface area contributed by atoms with E-state index in [9.17, 15) is 4.79 Å². The summed E-state index contributed by atoms with van der Waals surface area (Å²) in [5, 5.41) is 4.60. The average molecular weight is 440 g/mol. The molecule has 0 spiro atoms. The summed E-state index contributed by atoms with van der Waals surface area (Å²) in [6, 6.07) is 2.05. The van der Waals surface area contributed by atoms with Crippen molar-refractivity contribution in [3.8, 4) is 11.4 Å². The van der Waals surface area contributed by atoms with E-state index in [4.69, 9.17) is 19.4 Å². The second kappa shape index (κ2) is 8.14. The summed E-state index contributed by atoms with van der Waals surface area (Å²) < 4.78 is 13.8. The molecule has 8 heteroatoms. The number of ether oxygens (including phenoxy) is 2. The molecule has 5 heterocycles. The molecule has 2 fully saturated rings. The molecule has 3 atom stereocenters. The number of aryl methyl sites for hydroxylation is 1. The van der Waals surface area contributed by atoms with E-state index in [1.165, 1.54) is 0 Å². The molecule has 5 rings (SSSR count). The fraction of sp³-hybridized carbons (Fsp3) is 0.667. The number of piperidine rings is 1. The zero-order valence-corrected chi connectivity index (χ0v) is 19.5. The first-order valence-corrected chi connectivity index (χ1v) is 11.9. The van der Waals surface area contributed by atoms with Crippen LogP contribution < -0.4 is 0 Å². The van der Waals surface area contributed by atoms with Crippen LogP contribution in [-0.2, 0) is 15.9 Å². The van der Waals surface area contributed by atoms with Crippen LogP contribution in [0.1, 0.15) is 88.6 Å². The number of hydrogen-bond acceptors (Lipinski definition) is 6. The Morgan fingerprint density at radius 2 is 2.00 bits per heavy atom. The third-order valence-corrected chi connectivity index (χ3v) is 6.60. The molecule has 1 amide bonds. The molecular weight excluding hydrogens is 406 g/mol. The number of rotatable bonds is 2. The zero-order valence-electron chi connectivity index (χ0n) is 19.5. The van der Waals surface area contributed by atoms with Crippen molar-refractivity contribution in [2.45, 2.75) is 96.6 Å². The van der Waals surface area contributed by atoms with Crippen molar-refractivity contribution in [3.05, 3.63) is 29.3 Å². The van der Waals surface area contributed by atoms with Gasteiger partial charge in [0, 0.05) is 24.4 Å². The van der Waals surface area contributed by atoms with Gasteiger partial charge >= 0.3 is 6.09 Å². The minimum absolute atomic E-state index is 0.0546. The van der Waals surface area contributed by atoms with Crippen LogP contribution in [-0.4, -0.2) is 49.0 Å². The van der Waals surface area contributed by atoms with E-state index in [1.54, 1.807) is 0 Å². The minimum Gasteiger partial charge on any atom is -0.444 e. The lowest BCUT2D eigenvalue weighted by atomic mass is 9.82. The van der Waals surface area contributed by atoms with Crippen LogP contribution in [0, 0.1) is 6.92 Å². The first-order valence-electron chi connectivity index (χ1n) is 11.9. The second-order valence-electron chi connectivity index (χ2n) is 10.2. The van der Waals surface area contributed by atoms with E-state index in [1.807, 2.05) is 49.5 Å². The number of nitrogens with zero attached hydrogens (tertiary/aromatic N) is 5. The van der Waals surface area contributed by atoms with Crippen molar-refractivity contribution in [2.75, 3.05) is 6.61 Å². The Labute approximate surface area is 189 Å². The van der Waals surface area contributed by atoms with E-state index in [2.05, 4.69) is 5.10 Å². The average Bonchev–Trinajstić information content (AvgIpc) is 3.23. The van der Waals surface area contributed by atoms with Gasteiger partial charge in [-0.05, 0) is 78.7 Å². The van der Waals surface area contributed by atoms with Crippen LogP contribution in [0.5, 0.6) is 0 Å². The minimum atomic E-state index is -0.523. The van der Waals surface area contributed by atoms with Gasteiger partial charge in [-0.15, -0.1) is 0 Å². The molecule has 2 bridgehead atoms. The monoisotopic (exact) mass is 439 g/mol. The molecule has 0 saturated carbocycles. The molecule has 3 aliphatic rings. The van der Waals surface area contributed by atoms with Crippen molar-refractivity contribution in [1.29, 1.82) is 0 Å². The van der Waals surface area contributed by atoms with Crippen molar-refractivity contribution in [3.63, 3.8) is 0 Å². The van der Waals surface area contributed by atoms with Crippen molar-refractivity contribution >= 4 is 6.09 Å². The highest BCUT2D eigenvalue weighted by Crippen LogP contribution is 2.44. The van der Waals surface area contributed by atoms with Crippen LogP contribution >= 0.6 is 0 Å². The van der Waals surface area contributed by atoms with E-state index >= 15 is 0 Å². The number of aromatic nitrogens is 4. The molecule has 3 aliphatic heterocycles. The van der Waals surface area contributed by atoms with E-state index in [-0.39, 0.29) is 24.4 Å². The SMILES string of the molecule is Cc1nc(-c2ccnn2C2CCCCO2)c2c(n1)C1CCCC(C2)N1C(=O)OC(C)(C)C. The first-order chi connectivity index (χ1) is 15.3. The van der Waals surface area contributed by atoms with Gasteiger partial charge in [-0.3, -0.25) is 4.90 Å². The molecule has 2 aromatic heterocycles. The van der Waals surface area contributed by atoms with E-state index < -0.39 is 5.60 Å². The standard InChI is InChI=1S/C24H33N5O3/c1-15-26-21-17(14-16-8-7-9-18(21)28(16)23(30)32-24(2,3)4)22(27-15)19-11-12-25-29(19)20-10-5-6-13-31-20/h11-12,16,18,20H,5-10,13-14H2,1-4H3. The van der Waals surface area contributed by atoms with Gasteiger partial charge in [-0.2, -0.15) is 5.10 Å². The molecule has 2 aromatic rings. The Hall–Kier alpha value is -2.48. The summed E-state index contributed by atoms with van der Waals surface area (Å²) >= 11 is 0. The van der Waals surface area contributed by atoms with Crippen LogP contribution in [0.25, 0.3) is 11.4 Å². The Morgan fingerprint density at radius 3 is 2.75 bits per heavy atom. The van der Waals surface area contributed by atoms with Crippen molar-refractivity contribution in [1.82, 2.24) is 24.6 Å². The highest BCUT2D eigenvalue weighted by Gasteiger charge is 2.44. The Morgan fingerprint density at radius 1 is 1.16 bits per heavy atom. The molecule has 0 radical (unpaired) electrons. The van der Waals surface area contributed by atoms with Crippen LogP contribution in [0.4, 0.5) is 4.79 Å². The molecule has 0 aliphatic carbocycles. The maximum absolute atomic E-state index is 13.1. The van der Waals surface area contributed by atoms with Crippen molar-refractivity contribution < 1.29 is 14.3 Å². The lowest BCUT2D eigenvalue weighted by Gasteiger charge is -2.46. The van der Waals surface area contributed by atoms with Gasteiger partial charge in [0.15, 0.2) is 6.23 Å². The van der Waals surface area contributed by atoms with Gasteiger partial charge in [0.25, 0.3) is 0 Å². The zero-order chi connectivity index (χ0) is 22.5.